The van der Waals surface area contributed by atoms with Gasteiger partial charge in [-0.3, -0.25) is 4.79 Å². The van der Waals surface area contributed by atoms with Crippen LogP contribution in [0.4, 0.5) is 0 Å². The van der Waals surface area contributed by atoms with E-state index >= 15 is 0 Å². The van der Waals surface area contributed by atoms with Gasteiger partial charge in [0.25, 0.3) is 5.91 Å². The van der Waals surface area contributed by atoms with Gasteiger partial charge in [-0.05, 0) is 55.7 Å². The van der Waals surface area contributed by atoms with E-state index in [1.807, 2.05) is 13.0 Å². The second-order valence-electron chi connectivity index (χ2n) is 7.08. The maximum atomic E-state index is 13.0. The van der Waals surface area contributed by atoms with E-state index in [0.29, 0.717) is 31.2 Å². The highest BCUT2D eigenvalue weighted by atomic mass is 32.2. The maximum absolute atomic E-state index is 13.0. The molecule has 8 nitrogen and oxygen atoms in total. The lowest BCUT2D eigenvalue weighted by Crippen LogP contribution is -2.29. The molecule has 1 amide bonds. The number of methoxy groups -OCH3 is 2. The van der Waals surface area contributed by atoms with Crippen molar-refractivity contribution >= 4 is 15.9 Å². The minimum Gasteiger partial charge on any atom is -0.495 e. The Bertz CT molecular complexity index is 1030. The number of nitrogens with one attached hydrogen (secondary N) is 1. The van der Waals surface area contributed by atoms with Gasteiger partial charge in [0, 0.05) is 25.2 Å². The molecule has 0 aliphatic carbocycles. The molecule has 1 N–H and O–H groups in total. The monoisotopic (exact) mass is 448 g/mol. The summed E-state index contributed by atoms with van der Waals surface area (Å²) >= 11 is 0. The van der Waals surface area contributed by atoms with Crippen LogP contribution in [0.1, 0.15) is 35.7 Å². The van der Waals surface area contributed by atoms with Crippen molar-refractivity contribution in [2.24, 2.45) is 0 Å². The van der Waals surface area contributed by atoms with Crippen LogP contribution in [-0.2, 0) is 16.6 Å². The Morgan fingerprint density at radius 1 is 1.00 bits per heavy atom. The number of ether oxygens (including phenoxy) is 3. The van der Waals surface area contributed by atoms with E-state index in [0.717, 1.165) is 18.4 Å². The predicted molar refractivity (Wildman–Crippen MR) is 116 cm³/mol. The number of hydrogen-bond acceptors (Lipinski definition) is 6. The molecule has 1 fully saturated rings. The average molecular weight is 449 g/mol. The van der Waals surface area contributed by atoms with Gasteiger partial charge in [-0.1, -0.05) is 6.07 Å². The molecule has 1 aliphatic heterocycles. The predicted octanol–water partition coefficient (Wildman–Crippen LogP) is 2.82. The summed E-state index contributed by atoms with van der Waals surface area (Å²) in [6, 6.07) is 9.86. The lowest BCUT2D eigenvalue weighted by atomic mass is 10.1. The van der Waals surface area contributed by atoms with E-state index in [4.69, 9.17) is 14.2 Å². The summed E-state index contributed by atoms with van der Waals surface area (Å²) in [6.07, 6.45) is 1.65. The molecule has 168 valence electrons. The van der Waals surface area contributed by atoms with E-state index in [-0.39, 0.29) is 28.7 Å². The molecule has 0 atom stereocenters. The Hall–Kier alpha value is -2.78. The molecule has 1 aliphatic rings. The second-order valence-corrected chi connectivity index (χ2v) is 8.98. The minimum atomic E-state index is -3.73. The Morgan fingerprint density at radius 3 is 2.32 bits per heavy atom. The molecule has 9 heteroatoms. The number of carbonyl (C=O) groups is 1. The highest BCUT2D eigenvalue weighted by Gasteiger charge is 2.30. The summed E-state index contributed by atoms with van der Waals surface area (Å²) in [4.78, 5) is 12.7. The van der Waals surface area contributed by atoms with Gasteiger partial charge in [-0.15, -0.1) is 0 Å². The number of hydrogen-bond donors (Lipinski definition) is 1. The highest BCUT2D eigenvalue weighted by molar-refractivity contribution is 7.89. The summed E-state index contributed by atoms with van der Waals surface area (Å²) in [6.45, 7) is 3.61. The molecule has 0 unspecified atom stereocenters. The van der Waals surface area contributed by atoms with Crippen molar-refractivity contribution in [2.45, 2.75) is 31.2 Å². The third-order valence-corrected chi connectivity index (χ3v) is 7.01. The van der Waals surface area contributed by atoms with Crippen LogP contribution in [0.2, 0.25) is 0 Å². The Balaban J connectivity index is 1.78. The van der Waals surface area contributed by atoms with Crippen LogP contribution in [0.15, 0.2) is 41.3 Å². The van der Waals surface area contributed by atoms with Gasteiger partial charge >= 0.3 is 0 Å². The molecule has 0 saturated carbocycles. The second kappa shape index (κ2) is 10.0. The van der Waals surface area contributed by atoms with Crippen LogP contribution in [-0.4, -0.2) is 52.5 Å². The summed E-state index contributed by atoms with van der Waals surface area (Å²) in [5.74, 6) is 1.05. The van der Waals surface area contributed by atoms with Crippen molar-refractivity contribution in [3.05, 3.63) is 47.5 Å². The summed E-state index contributed by atoms with van der Waals surface area (Å²) in [5, 5.41) is 2.82. The van der Waals surface area contributed by atoms with Crippen LogP contribution in [0, 0.1) is 0 Å². The van der Waals surface area contributed by atoms with Crippen molar-refractivity contribution in [3.63, 3.8) is 0 Å². The first-order chi connectivity index (χ1) is 14.9. The van der Waals surface area contributed by atoms with Crippen molar-refractivity contribution in [3.8, 4) is 17.2 Å². The molecule has 0 aromatic heterocycles. The number of benzene rings is 2. The van der Waals surface area contributed by atoms with Crippen molar-refractivity contribution in [1.29, 1.82) is 0 Å². The zero-order chi connectivity index (χ0) is 22.4. The molecule has 31 heavy (non-hydrogen) atoms. The van der Waals surface area contributed by atoms with E-state index in [9.17, 15) is 13.2 Å². The molecular weight excluding hydrogens is 420 g/mol. The van der Waals surface area contributed by atoms with E-state index in [2.05, 4.69) is 5.32 Å². The topological polar surface area (TPSA) is 94.2 Å². The number of nitrogens with zero attached hydrogens (tertiary/aromatic N) is 1. The van der Waals surface area contributed by atoms with E-state index < -0.39 is 10.0 Å². The first kappa shape index (κ1) is 22.9. The molecule has 1 saturated heterocycles. The average Bonchev–Trinajstić information content (AvgIpc) is 3.34. The summed E-state index contributed by atoms with van der Waals surface area (Å²) in [5.41, 5.74) is 1.07. The lowest BCUT2D eigenvalue weighted by molar-refractivity contribution is 0.0950. The molecule has 2 aromatic carbocycles. The molecular formula is C22H28N2O6S. The molecule has 0 radical (unpaired) electrons. The Kier molecular flexibility index (Phi) is 7.40. The van der Waals surface area contributed by atoms with Gasteiger partial charge in [0.2, 0.25) is 10.0 Å². The van der Waals surface area contributed by atoms with Gasteiger partial charge in [-0.25, -0.2) is 8.42 Å². The van der Waals surface area contributed by atoms with E-state index in [1.165, 1.54) is 23.5 Å². The summed E-state index contributed by atoms with van der Waals surface area (Å²) < 4.78 is 43.5. The van der Waals surface area contributed by atoms with Gasteiger partial charge < -0.3 is 19.5 Å². The number of rotatable bonds is 9. The lowest BCUT2D eigenvalue weighted by Gasteiger charge is -2.18. The van der Waals surface area contributed by atoms with Crippen LogP contribution in [0.25, 0.3) is 0 Å². The van der Waals surface area contributed by atoms with Gasteiger partial charge in [0.15, 0.2) is 11.5 Å². The molecule has 1 heterocycles. The van der Waals surface area contributed by atoms with Gasteiger partial charge in [-0.2, -0.15) is 4.31 Å². The molecule has 0 spiro atoms. The highest BCUT2D eigenvalue weighted by Crippen LogP contribution is 2.30. The smallest absolute Gasteiger partial charge is 0.251 e. The fraction of sp³-hybridized carbons (Fsp3) is 0.409. The molecule has 3 rings (SSSR count). The van der Waals surface area contributed by atoms with Gasteiger partial charge in [0.05, 0.1) is 20.8 Å². The molecule has 2 aromatic rings. The van der Waals surface area contributed by atoms with E-state index in [1.54, 1.807) is 25.3 Å². The minimum absolute atomic E-state index is 0.00675. The summed E-state index contributed by atoms with van der Waals surface area (Å²) in [7, 11) is -0.756. The fourth-order valence-corrected chi connectivity index (χ4v) is 5.17. The third-order valence-electron chi connectivity index (χ3n) is 5.09. The van der Waals surface area contributed by atoms with Crippen LogP contribution in [0.3, 0.4) is 0 Å². The zero-order valence-corrected chi connectivity index (χ0v) is 18.8. The number of sulfonamides is 1. The fourth-order valence-electron chi connectivity index (χ4n) is 3.47. The third kappa shape index (κ3) is 5.11. The van der Waals surface area contributed by atoms with Crippen LogP contribution in [0.5, 0.6) is 17.2 Å². The van der Waals surface area contributed by atoms with Crippen molar-refractivity contribution < 1.29 is 27.4 Å². The van der Waals surface area contributed by atoms with Gasteiger partial charge in [0.1, 0.15) is 10.6 Å². The Labute approximate surface area is 183 Å². The van der Waals surface area contributed by atoms with Crippen LogP contribution >= 0.6 is 0 Å². The van der Waals surface area contributed by atoms with Crippen molar-refractivity contribution in [1.82, 2.24) is 9.62 Å². The number of amides is 1. The standard InChI is InChI=1S/C22H28N2O6S/c1-4-30-18-9-7-16(13-20(18)29-3)15-23-22(25)17-8-10-19(28-2)21(14-17)31(26,27)24-11-5-6-12-24/h7-10,13-14H,4-6,11-12,15H2,1-3H3,(H,23,25). The van der Waals surface area contributed by atoms with Crippen molar-refractivity contribution in [2.75, 3.05) is 33.9 Å². The normalized spacial score (nSPS) is 14.3. The molecule has 0 bridgehead atoms. The quantitative estimate of drug-likeness (QED) is 0.634. The maximum Gasteiger partial charge on any atom is 0.251 e. The first-order valence-electron chi connectivity index (χ1n) is 10.2. The number of carbonyl (C=O) groups excluding carboxylic acids is 1. The Morgan fingerprint density at radius 2 is 1.68 bits per heavy atom. The zero-order valence-electron chi connectivity index (χ0n) is 18.0. The SMILES string of the molecule is CCOc1ccc(CNC(=O)c2ccc(OC)c(S(=O)(=O)N3CCCC3)c2)cc1OC. The van der Waals surface area contributed by atoms with Crippen LogP contribution < -0.4 is 19.5 Å². The largest absolute Gasteiger partial charge is 0.495 e. The first-order valence-corrected chi connectivity index (χ1v) is 11.6.